The number of ether oxygens (including phenoxy) is 2. The molecule has 0 rings (SSSR count). The second kappa shape index (κ2) is 8.37. The van der Waals surface area contributed by atoms with Crippen LogP contribution in [0.25, 0.3) is 0 Å². The number of carbonyl (C=O) groups excluding carboxylic acids is 3. The molecule has 0 heterocycles. The number of hydrogen-bond donors (Lipinski definition) is 0. The van der Waals surface area contributed by atoms with Crippen molar-refractivity contribution in [3.63, 3.8) is 0 Å². The maximum absolute atomic E-state index is 11.2. The normalized spacial score (nSPS) is 9.35. The first-order valence-electron chi connectivity index (χ1n) is 5.27. The average molecular weight is 247 g/mol. The van der Waals surface area contributed by atoms with Gasteiger partial charge in [-0.15, -0.1) is 5.06 Å². The van der Waals surface area contributed by atoms with Crippen LogP contribution in [0.5, 0.6) is 0 Å². The van der Waals surface area contributed by atoms with Crippen LogP contribution in [-0.2, 0) is 23.9 Å². The molecule has 0 bridgehead atoms. The van der Waals surface area contributed by atoms with Crippen LogP contribution in [0.2, 0.25) is 0 Å². The van der Waals surface area contributed by atoms with Crippen molar-refractivity contribution in [1.82, 2.24) is 5.06 Å². The quantitative estimate of drug-likeness (QED) is 0.529. The zero-order chi connectivity index (χ0) is 13.3. The highest BCUT2D eigenvalue weighted by atomic mass is 16.8. The molecule has 0 saturated heterocycles. The van der Waals surface area contributed by atoms with Crippen molar-refractivity contribution in [3.8, 4) is 0 Å². The Labute approximate surface area is 99.6 Å². The summed E-state index contributed by atoms with van der Waals surface area (Å²) < 4.78 is 9.00. The summed E-state index contributed by atoms with van der Waals surface area (Å²) in [6, 6.07) is 0. The fourth-order valence-electron chi connectivity index (χ4n) is 0.932. The first-order chi connectivity index (χ1) is 8.04. The smallest absolute Gasteiger partial charge is 0.443 e. The Morgan fingerprint density at radius 3 is 2.24 bits per heavy atom. The molecule has 0 aliphatic rings. The lowest BCUT2D eigenvalue weighted by Gasteiger charge is -2.18. The van der Waals surface area contributed by atoms with E-state index >= 15 is 0 Å². The van der Waals surface area contributed by atoms with Gasteiger partial charge in [-0.3, -0.25) is 0 Å². The fraction of sp³-hybridized carbons (Fsp3) is 0.700. The fourth-order valence-corrected chi connectivity index (χ4v) is 0.932. The Bertz CT molecular complexity index is 258. The molecular formula is C10H17NO6. The lowest BCUT2D eigenvalue weighted by Crippen LogP contribution is -2.38. The third-order valence-electron chi connectivity index (χ3n) is 1.62. The standard InChI is InChI=1S/C10H17NO6/c1-4-6-8(12)17-11(10(14)15-3)7-9(13)16-5-2/h4-7H2,1-3H3. The highest BCUT2D eigenvalue weighted by molar-refractivity contribution is 5.79. The van der Waals surface area contributed by atoms with Gasteiger partial charge in [-0.2, -0.15) is 0 Å². The molecule has 0 aromatic carbocycles. The lowest BCUT2D eigenvalue weighted by molar-refractivity contribution is -0.186. The molecule has 0 spiro atoms. The number of hydrogen-bond acceptors (Lipinski definition) is 6. The van der Waals surface area contributed by atoms with E-state index in [0.717, 1.165) is 7.11 Å². The van der Waals surface area contributed by atoms with Gasteiger partial charge < -0.3 is 14.3 Å². The van der Waals surface area contributed by atoms with E-state index in [9.17, 15) is 14.4 Å². The molecule has 0 atom stereocenters. The van der Waals surface area contributed by atoms with Crippen molar-refractivity contribution in [2.45, 2.75) is 26.7 Å². The molecule has 7 nitrogen and oxygen atoms in total. The molecule has 0 unspecified atom stereocenters. The van der Waals surface area contributed by atoms with Gasteiger partial charge in [-0.1, -0.05) is 6.92 Å². The van der Waals surface area contributed by atoms with Gasteiger partial charge in [0.05, 0.1) is 13.7 Å². The van der Waals surface area contributed by atoms with Crippen molar-refractivity contribution >= 4 is 18.0 Å². The molecule has 7 heteroatoms. The van der Waals surface area contributed by atoms with Gasteiger partial charge in [0.25, 0.3) is 0 Å². The van der Waals surface area contributed by atoms with E-state index in [1.54, 1.807) is 13.8 Å². The van der Waals surface area contributed by atoms with Crippen LogP contribution in [0.1, 0.15) is 26.7 Å². The van der Waals surface area contributed by atoms with Gasteiger partial charge in [-0.05, 0) is 13.3 Å². The molecule has 0 N–H and O–H groups in total. The maximum atomic E-state index is 11.2. The molecule has 0 saturated carbocycles. The number of esters is 1. The summed E-state index contributed by atoms with van der Waals surface area (Å²) in [7, 11) is 1.12. The van der Waals surface area contributed by atoms with E-state index in [1.807, 2.05) is 0 Å². The van der Waals surface area contributed by atoms with Crippen molar-refractivity contribution in [2.24, 2.45) is 0 Å². The summed E-state index contributed by atoms with van der Waals surface area (Å²) in [5.74, 6) is -1.29. The summed E-state index contributed by atoms with van der Waals surface area (Å²) in [5.41, 5.74) is 0. The number of methoxy groups -OCH3 is 1. The summed E-state index contributed by atoms with van der Waals surface area (Å²) in [4.78, 5) is 38.2. The highest BCUT2D eigenvalue weighted by Crippen LogP contribution is 2.00. The molecule has 17 heavy (non-hydrogen) atoms. The number of rotatable bonds is 5. The zero-order valence-electron chi connectivity index (χ0n) is 10.2. The highest BCUT2D eigenvalue weighted by Gasteiger charge is 2.22. The van der Waals surface area contributed by atoms with E-state index in [2.05, 4.69) is 14.3 Å². The van der Waals surface area contributed by atoms with Crippen molar-refractivity contribution < 1.29 is 28.7 Å². The van der Waals surface area contributed by atoms with Crippen LogP contribution >= 0.6 is 0 Å². The summed E-state index contributed by atoms with van der Waals surface area (Å²) in [5, 5.41) is 0.538. The number of nitrogens with zero attached hydrogens (tertiary/aromatic N) is 1. The summed E-state index contributed by atoms with van der Waals surface area (Å²) in [6.45, 7) is 3.10. The minimum atomic E-state index is -0.928. The topological polar surface area (TPSA) is 82.1 Å². The molecule has 0 aliphatic carbocycles. The second-order valence-corrected chi connectivity index (χ2v) is 3.02. The first kappa shape index (κ1) is 15.2. The molecule has 0 aromatic heterocycles. The Morgan fingerprint density at radius 2 is 1.76 bits per heavy atom. The Balaban J connectivity index is 4.38. The van der Waals surface area contributed by atoms with Gasteiger partial charge in [-0.25, -0.2) is 14.4 Å². The molecule has 98 valence electrons. The predicted octanol–water partition coefficient (Wildman–Crippen LogP) is 0.876. The van der Waals surface area contributed by atoms with Gasteiger partial charge in [0.1, 0.15) is 0 Å². The van der Waals surface area contributed by atoms with Crippen LogP contribution in [0.15, 0.2) is 0 Å². The second-order valence-electron chi connectivity index (χ2n) is 3.02. The third-order valence-corrected chi connectivity index (χ3v) is 1.62. The third kappa shape index (κ3) is 6.39. The van der Waals surface area contributed by atoms with Crippen LogP contribution in [0.3, 0.4) is 0 Å². The van der Waals surface area contributed by atoms with Crippen molar-refractivity contribution in [3.05, 3.63) is 0 Å². The maximum Gasteiger partial charge on any atom is 0.443 e. The van der Waals surface area contributed by atoms with E-state index in [0.29, 0.717) is 11.5 Å². The predicted molar refractivity (Wildman–Crippen MR) is 56.7 cm³/mol. The molecule has 0 aliphatic heterocycles. The van der Waals surface area contributed by atoms with Crippen LogP contribution < -0.4 is 0 Å². The molecule has 0 fully saturated rings. The largest absolute Gasteiger partial charge is 0.465 e. The number of carbonyl (C=O) groups is 3. The summed E-state index contributed by atoms with van der Waals surface area (Å²) >= 11 is 0. The number of hydroxylamine groups is 2. The minimum Gasteiger partial charge on any atom is -0.465 e. The van der Waals surface area contributed by atoms with Gasteiger partial charge >= 0.3 is 18.0 Å². The molecule has 1 amide bonds. The molecular weight excluding hydrogens is 230 g/mol. The van der Waals surface area contributed by atoms with Crippen molar-refractivity contribution in [1.29, 1.82) is 0 Å². The van der Waals surface area contributed by atoms with E-state index in [-0.39, 0.29) is 13.0 Å². The number of amides is 1. The molecule has 0 aromatic rings. The SMILES string of the molecule is CCCC(=O)ON(CC(=O)OCC)C(=O)OC. The first-order valence-corrected chi connectivity index (χ1v) is 5.27. The molecule has 0 radical (unpaired) electrons. The Hall–Kier alpha value is -1.79. The average Bonchev–Trinajstić information content (AvgIpc) is 2.27. The zero-order valence-corrected chi connectivity index (χ0v) is 10.2. The van der Waals surface area contributed by atoms with Crippen LogP contribution in [0.4, 0.5) is 4.79 Å². The van der Waals surface area contributed by atoms with Crippen molar-refractivity contribution in [2.75, 3.05) is 20.3 Å². The summed E-state index contributed by atoms with van der Waals surface area (Å²) in [6.07, 6.45) is -0.202. The monoisotopic (exact) mass is 247 g/mol. The van der Waals surface area contributed by atoms with Crippen LogP contribution in [-0.4, -0.2) is 43.4 Å². The van der Waals surface area contributed by atoms with Gasteiger partial charge in [0.15, 0.2) is 6.54 Å². The van der Waals surface area contributed by atoms with Crippen LogP contribution in [0, 0.1) is 0 Å². The van der Waals surface area contributed by atoms with E-state index in [1.165, 1.54) is 0 Å². The van der Waals surface area contributed by atoms with E-state index < -0.39 is 24.6 Å². The lowest BCUT2D eigenvalue weighted by atomic mass is 10.3. The Kier molecular flexibility index (Phi) is 7.49. The van der Waals surface area contributed by atoms with Gasteiger partial charge in [0, 0.05) is 6.42 Å². The van der Waals surface area contributed by atoms with E-state index in [4.69, 9.17) is 0 Å². The minimum absolute atomic E-state index is 0.149. The van der Waals surface area contributed by atoms with Gasteiger partial charge in [0.2, 0.25) is 0 Å². The Morgan fingerprint density at radius 1 is 1.12 bits per heavy atom.